The lowest BCUT2D eigenvalue weighted by Gasteiger charge is -2.63. The molecular formula is C11H21NO2. The molecule has 1 rings (SSSR count). The van der Waals surface area contributed by atoms with Crippen LogP contribution in [0.15, 0.2) is 0 Å². The van der Waals surface area contributed by atoms with Crippen LogP contribution >= 0.6 is 0 Å². The molecule has 1 fully saturated rings. The number of nitrogens with one attached hydrogen (secondary N) is 1. The van der Waals surface area contributed by atoms with E-state index in [1.165, 1.54) is 0 Å². The van der Waals surface area contributed by atoms with Crippen LogP contribution in [0.2, 0.25) is 0 Å². The number of carbonyl (C=O) groups excluding carboxylic acids is 1. The van der Waals surface area contributed by atoms with Gasteiger partial charge in [0.1, 0.15) is 0 Å². The van der Waals surface area contributed by atoms with Crippen molar-refractivity contribution in [2.24, 2.45) is 10.8 Å². The standard InChI is InChI=1S/C11H21NO2/c1-7(13)12-8-10(2,3)9(14-6)11(8,4)5/h8-9H,1-6H3,(H,12,13). The lowest BCUT2D eigenvalue weighted by molar-refractivity contribution is -0.199. The Morgan fingerprint density at radius 1 is 1.21 bits per heavy atom. The molecule has 0 atom stereocenters. The fraction of sp³-hybridized carbons (Fsp3) is 0.909. The maximum Gasteiger partial charge on any atom is 0.217 e. The summed E-state index contributed by atoms with van der Waals surface area (Å²) < 4.78 is 5.48. The van der Waals surface area contributed by atoms with E-state index in [-0.39, 0.29) is 28.9 Å². The molecule has 1 amide bonds. The van der Waals surface area contributed by atoms with Crippen LogP contribution in [0.25, 0.3) is 0 Å². The number of ether oxygens (including phenoxy) is 1. The van der Waals surface area contributed by atoms with Crippen molar-refractivity contribution < 1.29 is 9.53 Å². The summed E-state index contributed by atoms with van der Waals surface area (Å²) in [6, 6.07) is 0.192. The summed E-state index contributed by atoms with van der Waals surface area (Å²) >= 11 is 0. The van der Waals surface area contributed by atoms with Crippen LogP contribution in [0.1, 0.15) is 34.6 Å². The molecule has 0 saturated heterocycles. The van der Waals surface area contributed by atoms with E-state index in [9.17, 15) is 4.79 Å². The highest BCUT2D eigenvalue weighted by Gasteiger charge is 2.62. The van der Waals surface area contributed by atoms with Crippen LogP contribution in [0.4, 0.5) is 0 Å². The van der Waals surface area contributed by atoms with Crippen molar-refractivity contribution in [3.63, 3.8) is 0 Å². The van der Waals surface area contributed by atoms with Crippen molar-refractivity contribution in [1.29, 1.82) is 0 Å². The number of carbonyl (C=O) groups is 1. The Hall–Kier alpha value is -0.570. The summed E-state index contributed by atoms with van der Waals surface area (Å²) in [5.74, 6) is 0.0331. The lowest BCUT2D eigenvalue weighted by atomic mass is 9.49. The zero-order chi connectivity index (χ0) is 11.1. The summed E-state index contributed by atoms with van der Waals surface area (Å²) in [6.45, 7) is 10.1. The second-order valence-electron chi connectivity index (χ2n) is 5.39. The molecule has 3 heteroatoms. The Bertz CT molecular complexity index is 230. The average Bonchev–Trinajstić information content (AvgIpc) is 1.99. The number of rotatable bonds is 2. The molecule has 0 heterocycles. The quantitative estimate of drug-likeness (QED) is 0.733. The first-order chi connectivity index (χ1) is 6.24. The van der Waals surface area contributed by atoms with Gasteiger partial charge >= 0.3 is 0 Å². The van der Waals surface area contributed by atoms with Crippen molar-refractivity contribution in [3.05, 3.63) is 0 Å². The minimum atomic E-state index is 0.0178. The van der Waals surface area contributed by atoms with Gasteiger partial charge in [-0.2, -0.15) is 0 Å². The molecule has 0 unspecified atom stereocenters. The van der Waals surface area contributed by atoms with Crippen molar-refractivity contribution in [3.8, 4) is 0 Å². The highest BCUT2D eigenvalue weighted by molar-refractivity contribution is 5.73. The van der Waals surface area contributed by atoms with Crippen LogP contribution in [0.3, 0.4) is 0 Å². The van der Waals surface area contributed by atoms with E-state index in [0.717, 1.165) is 0 Å². The van der Waals surface area contributed by atoms with Gasteiger partial charge in [0, 0.05) is 30.9 Å². The first kappa shape index (κ1) is 11.5. The van der Waals surface area contributed by atoms with Gasteiger partial charge in [0.2, 0.25) is 5.91 Å². The third-order valence-electron chi connectivity index (χ3n) is 3.42. The van der Waals surface area contributed by atoms with E-state index in [0.29, 0.717) is 0 Å². The van der Waals surface area contributed by atoms with Crippen LogP contribution in [-0.4, -0.2) is 25.2 Å². The monoisotopic (exact) mass is 199 g/mol. The van der Waals surface area contributed by atoms with Gasteiger partial charge in [-0.3, -0.25) is 4.79 Å². The average molecular weight is 199 g/mol. The Morgan fingerprint density at radius 3 is 1.93 bits per heavy atom. The van der Waals surface area contributed by atoms with Gasteiger partial charge in [0.15, 0.2) is 0 Å². The van der Waals surface area contributed by atoms with Gasteiger partial charge in [-0.25, -0.2) is 0 Å². The molecule has 1 aliphatic rings. The highest BCUT2D eigenvalue weighted by atomic mass is 16.5. The summed E-state index contributed by atoms with van der Waals surface area (Å²) in [5.41, 5.74) is 0.0356. The van der Waals surface area contributed by atoms with Crippen LogP contribution in [0.5, 0.6) is 0 Å². The Labute approximate surface area is 86.2 Å². The normalized spacial score (nSPS) is 33.3. The Kier molecular flexibility index (Phi) is 2.65. The predicted molar refractivity (Wildman–Crippen MR) is 56.0 cm³/mol. The van der Waals surface area contributed by atoms with Crippen LogP contribution in [0, 0.1) is 10.8 Å². The molecule has 3 nitrogen and oxygen atoms in total. The van der Waals surface area contributed by atoms with Gasteiger partial charge < -0.3 is 10.1 Å². The maximum absolute atomic E-state index is 11.1. The molecule has 0 aromatic heterocycles. The molecule has 0 bridgehead atoms. The fourth-order valence-corrected chi connectivity index (χ4v) is 3.31. The maximum atomic E-state index is 11.1. The number of methoxy groups -OCH3 is 1. The zero-order valence-electron chi connectivity index (χ0n) is 9.97. The van der Waals surface area contributed by atoms with E-state index < -0.39 is 0 Å². The zero-order valence-corrected chi connectivity index (χ0v) is 9.97. The topological polar surface area (TPSA) is 38.3 Å². The third-order valence-corrected chi connectivity index (χ3v) is 3.42. The van der Waals surface area contributed by atoms with E-state index in [1.54, 1.807) is 14.0 Å². The molecule has 0 spiro atoms. The molecule has 14 heavy (non-hydrogen) atoms. The summed E-state index contributed by atoms with van der Waals surface area (Å²) in [7, 11) is 1.73. The van der Waals surface area contributed by atoms with Crippen molar-refractivity contribution in [2.45, 2.75) is 46.8 Å². The van der Waals surface area contributed by atoms with E-state index in [1.807, 2.05) is 0 Å². The van der Waals surface area contributed by atoms with Crippen molar-refractivity contribution in [1.82, 2.24) is 5.32 Å². The second-order valence-corrected chi connectivity index (χ2v) is 5.39. The summed E-state index contributed by atoms with van der Waals surface area (Å²) in [5, 5.41) is 3.01. The smallest absolute Gasteiger partial charge is 0.217 e. The van der Waals surface area contributed by atoms with E-state index in [2.05, 4.69) is 33.0 Å². The molecule has 1 aliphatic carbocycles. The minimum Gasteiger partial charge on any atom is -0.380 e. The predicted octanol–water partition coefficient (Wildman–Crippen LogP) is 1.57. The van der Waals surface area contributed by atoms with E-state index in [4.69, 9.17) is 4.74 Å². The van der Waals surface area contributed by atoms with Crippen LogP contribution in [-0.2, 0) is 9.53 Å². The molecule has 1 saturated carbocycles. The summed E-state index contributed by atoms with van der Waals surface area (Å²) in [4.78, 5) is 11.1. The van der Waals surface area contributed by atoms with Gasteiger partial charge in [-0.1, -0.05) is 27.7 Å². The van der Waals surface area contributed by atoms with Crippen molar-refractivity contribution >= 4 is 5.91 Å². The first-order valence-electron chi connectivity index (χ1n) is 5.04. The fourth-order valence-electron chi connectivity index (χ4n) is 3.31. The van der Waals surface area contributed by atoms with Crippen molar-refractivity contribution in [2.75, 3.05) is 7.11 Å². The molecule has 1 N–H and O–H groups in total. The minimum absolute atomic E-state index is 0.0178. The second kappa shape index (κ2) is 3.23. The molecule has 0 aliphatic heterocycles. The molecule has 0 aromatic rings. The van der Waals surface area contributed by atoms with E-state index >= 15 is 0 Å². The molecule has 82 valence electrons. The van der Waals surface area contributed by atoms with Gasteiger partial charge in [0.25, 0.3) is 0 Å². The first-order valence-corrected chi connectivity index (χ1v) is 5.04. The number of amides is 1. The van der Waals surface area contributed by atoms with Gasteiger partial charge in [0.05, 0.1) is 6.10 Å². The lowest BCUT2D eigenvalue weighted by Crippen LogP contribution is -2.73. The molecule has 0 aromatic carbocycles. The third kappa shape index (κ3) is 1.44. The number of hydrogen-bond donors (Lipinski definition) is 1. The largest absolute Gasteiger partial charge is 0.380 e. The molecule has 0 radical (unpaired) electrons. The summed E-state index contributed by atoms with van der Waals surface area (Å²) in [6.07, 6.45) is 0.201. The Balaban J connectivity index is 2.82. The van der Waals surface area contributed by atoms with Gasteiger partial charge in [-0.15, -0.1) is 0 Å². The Morgan fingerprint density at radius 2 is 1.64 bits per heavy atom. The molecular weight excluding hydrogens is 178 g/mol. The number of hydrogen-bond acceptors (Lipinski definition) is 2. The SMILES string of the molecule is COC1C(C)(C)C(NC(C)=O)C1(C)C. The van der Waals surface area contributed by atoms with Gasteiger partial charge in [-0.05, 0) is 0 Å². The van der Waals surface area contributed by atoms with Crippen LogP contribution < -0.4 is 5.32 Å². The highest BCUT2D eigenvalue weighted by Crippen LogP contribution is 2.55.